The predicted molar refractivity (Wildman–Crippen MR) is 121 cm³/mol. The van der Waals surface area contributed by atoms with Crippen LogP contribution in [0.5, 0.6) is 0 Å². The molecule has 6 nitrogen and oxygen atoms in total. The van der Waals surface area contributed by atoms with Gasteiger partial charge in [-0.25, -0.2) is 0 Å². The molecule has 2 aromatic rings. The minimum Gasteiger partial charge on any atom is -0.507 e. The molecular weight excluding hydrogens is 460 g/mol. The van der Waals surface area contributed by atoms with E-state index in [1.165, 1.54) is 4.90 Å². The van der Waals surface area contributed by atoms with Crippen LogP contribution in [0.3, 0.4) is 0 Å². The summed E-state index contributed by atoms with van der Waals surface area (Å²) in [6, 6.07) is 15.9. The maximum absolute atomic E-state index is 13.0. The number of carbonyl (C=O) groups excluding carboxylic acids is 2. The van der Waals surface area contributed by atoms with Gasteiger partial charge in [0.2, 0.25) is 0 Å². The number of halogens is 1. The van der Waals surface area contributed by atoms with Crippen molar-refractivity contribution in [2.75, 3.05) is 39.4 Å². The predicted octanol–water partition coefficient (Wildman–Crippen LogP) is 2.18. The molecule has 31 heavy (non-hydrogen) atoms. The number of hydrogen-bond acceptors (Lipinski definition) is 4. The zero-order valence-electron chi connectivity index (χ0n) is 17.2. The lowest BCUT2D eigenvalue weighted by atomic mass is 9.95. The molecule has 2 aliphatic rings. The summed E-state index contributed by atoms with van der Waals surface area (Å²) in [6.45, 7) is 4.83. The smallest absolute Gasteiger partial charge is 0.295 e. The monoisotopic (exact) mass is 485 g/mol. The minimum absolute atomic E-state index is 0.138. The van der Waals surface area contributed by atoms with Crippen molar-refractivity contribution in [3.05, 3.63) is 75.8 Å². The lowest BCUT2D eigenvalue weighted by Crippen LogP contribution is -3.14. The molecule has 0 aromatic heterocycles. The van der Waals surface area contributed by atoms with Crippen molar-refractivity contribution in [2.24, 2.45) is 0 Å². The van der Waals surface area contributed by atoms with E-state index in [0.717, 1.165) is 49.3 Å². The molecule has 2 heterocycles. The number of hydrogen-bond donors (Lipinski definition) is 2. The van der Waals surface area contributed by atoms with Crippen LogP contribution in [0.4, 0.5) is 0 Å². The number of carbonyl (C=O) groups is 2. The molecule has 0 spiro atoms. The second-order valence-corrected chi connectivity index (χ2v) is 8.79. The number of Topliss-reactive ketones (excluding diaryl/α,β-unsaturated/α-hetero) is 1. The lowest BCUT2D eigenvalue weighted by molar-refractivity contribution is -0.908. The fraction of sp³-hybridized carbons (Fsp3) is 0.333. The average Bonchev–Trinajstić information content (AvgIpc) is 3.05. The summed E-state index contributed by atoms with van der Waals surface area (Å²) in [4.78, 5) is 29.0. The number of ketones is 1. The third-order valence-electron chi connectivity index (χ3n) is 5.90. The Morgan fingerprint density at radius 3 is 2.42 bits per heavy atom. The van der Waals surface area contributed by atoms with Crippen LogP contribution in [0.25, 0.3) is 5.76 Å². The second-order valence-electron chi connectivity index (χ2n) is 7.88. The number of nitrogens with zero attached hydrogens (tertiary/aromatic N) is 1. The molecule has 7 heteroatoms. The standard InChI is InChI=1S/C24H25BrN2O4/c25-19-9-7-18(8-10-19)22(28)20-21(17-5-2-1-3-6-17)27(24(30)23(20)29)12-4-11-26-13-15-31-16-14-26/h1-3,5-10,21,28H,4,11-16H2/p+1/t21-/m0/s1. The Morgan fingerprint density at radius 1 is 1.06 bits per heavy atom. The highest BCUT2D eigenvalue weighted by molar-refractivity contribution is 9.10. The topological polar surface area (TPSA) is 71.3 Å². The largest absolute Gasteiger partial charge is 0.507 e. The molecule has 0 unspecified atom stereocenters. The van der Waals surface area contributed by atoms with E-state index in [2.05, 4.69) is 15.9 Å². The number of aliphatic hydroxyl groups is 1. The molecule has 0 radical (unpaired) electrons. The van der Waals surface area contributed by atoms with Gasteiger partial charge in [-0.3, -0.25) is 9.59 Å². The van der Waals surface area contributed by atoms with Crippen molar-refractivity contribution in [2.45, 2.75) is 12.5 Å². The number of quaternary nitrogens is 1. The van der Waals surface area contributed by atoms with Crippen LogP contribution in [-0.4, -0.2) is 61.1 Å². The van der Waals surface area contributed by atoms with Crippen LogP contribution in [0.2, 0.25) is 0 Å². The van der Waals surface area contributed by atoms with Crippen molar-refractivity contribution in [1.82, 2.24) is 4.90 Å². The van der Waals surface area contributed by atoms with E-state index in [-0.39, 0.29) is 11.3 Å². The molecule has 162 valence electrons. The van der Waals surface area contributed by atoms with Crippen molar-refractivity contribution in [3.8, 4) is 0 Å². The van der Waals surface area contributed by atoms with E-state index < -0.39 is 17.7 Å². The molecule has 4 rings (SSSR count). The molecule has 0 aliphatic carbocycles. The molecular formula is C24H26BrN2O4+. The highest BCUT2D eigenvalue weighted by atomic mass is 79.9. The highest BCUT2D eigenvalue weighted by Crippen LogP contribution is 2.39. The Labute approximate surface area is 190 Å². The normalized spacial score (nSPS) is 21.6. The average molecular weight is 486 g/mol. The van der Waals surface area contributed by atoms with Crippen LogP contribution in [0, 0.1) is 0 Å². The van der Waals surface area contributed by atoms with E-state index in [1.54, 1.807) is 29.2 Å². The fourth-order valence-corrected chi connectivity index (χ4v) is 4.53. The van der Waals surface area contributed by atoms with Crippen LogP contribution in [-0.2, 0) is 14.3 Å². The summed E-state index contributed by atoms with van der Waals surface area (Å²) in [7, 11) is 0. The van der Waals surface area contributed by atoms with Crippen LogP contribution >= 0.6 is 15.9 Å². The number of nitrogens with one attached hydrogen (secondary N) is 1. The van der Waals surface area contributed by atoms with Crippen molar-refractivity contribution in [1.29, 1.82) is 0 Å². The fourth-order valence-electron chi connectivity index (χ4n) is 4.27. The van der Waals surface area contributed by atoms with E-state index in [0.29, 0.717) is 12.1 Å². The Balaban J connectivity index is 1.64. The van der Waals surface area contributed by atoms with Crippen molar-refractivity contribution in [3.63, 3.8) is 0 Å². The maximum Gasteiger partial charge on any atom is 0.295 e. The zero-order valence-corrected chi connectivity index (χ0v) is 18.8. The Kier molecular flexibility index (Phi) is 6.85. The Bertz CT molecular complexity index is 969. The third kappa shape index (κ3) is 4.74. The van der Waals surface area contributed by atoms with Crippen LogP contribution in [0.15, 0.2) is 64.6 Å². The number of likely N-dealkylation sites (tertiary alicyclic amines) is 1. The van der Waals surface area contributed by atoms with E-state index in [9.17, 15) is 14.7 Å². The van der Waals surface area contributed by atoms with Crippen molar-refractivity contribution < 1.29 is 24.3 Å². The first kappa shape index (κ1) is 21.7. The van der Waals surface area contributed by atoms with Gasteiger partial charge < -0.3 is 19.6 Å². The van der Waals surface area contributed by atoms with Crippen LogP contribution in [0.1, 0.15) is 23.6 Å². The van der Waals surface area contributed by atoms with Gasteiger partial charge in [0.1, 0.15) is 18.8 Å². The molecule has 2 aromatic carbocycles. The molecule has 1 atom stereocenters. The summed E-state index contributed by atoms with van der Waals surface area (Å²) in [6.07, 6.45) is 0.782. The van der Waals surface area contributed by atoms with E-state index in [4.69, 9.17) is 4.74 Å². The van der Waals surface area contributed by atoms with Crippen LogP contribution < -0.4 is 4.90 Å². The number of rotatable bonds is 6. The molecule has 2 fully saturated rings. The first-order chi connectivity index (χ1) is 15.1. The first-order valence-corrected chi connectivity index (χ1v) is 11.4. The summed E-state index contributed by atoms with van der Waals surface area (Å²) in [5.41, 5.74) is 1.48. The maximum atomic E-state index is 13.0. The number of amides is 1. The number of ether oxygens (including phenoxy) is 1. The van der Waals surface area contributed by atoms with Gasteiger partial charge in [0, 0.05) is 23.0 Å². The van der Waals surface area contributed by atoms with Gasteiger partial charge in [-0.05, 0) is 17.7 Å². The third-order valence-corrected chi connectivity index (χ3v) is 6.43. The molecule has 1 amide bonds. The summed E-state index contributed by atoms with van der Waals surface area (Å²) in [5.74, 6) is -1.32. The van der Waals surface area contributed by atoms with Crippen molar-refractivity contribution >= 4 is 33.4 Å². The number of morpholine rings is 1. The molecule has 0 bridgehead atoms. The van der Waals surface area contributed by atoms with Gasteiger partial charge in [0.15, 0.2) is 0 Å². The summed E-state index contributed by atoms with van der Waals surface area (Å²) >= 11 is 3.38. The van der Waals surface area contributed by atoms with Gasteiger partial charge in [0.25, 0.3) is 11.7 Å². The zero-order chi connectivity index (χ0) is 21.8. The van der Waals surface area contributed by atoms with E-state index in [1.807, 2.05) is 30.3 Å². The molecule has 2 aliphatic heterocycles. The molecule has 2 saturated heterocycles. The minimum atomic E-state index is -0.631. The molecule has 0 saturated carbocycles. The van der Waals surface area contributed by atoms with Gasteiger partial charge in [0.05, 0.1) is 31.4 Å². The second kappa shape index (κ2) is 9.77. The first-order valence-electron chi connectivity index (χ1n) is 10.6. The number of aliphatic hydroxyl groups excluding tert-OH is 1. The van der Waals surface area contributed by atoms with E-state index >= 15 is 0 Å². The summed E-state index contributed by atoms with van der Waals surface area (Å²) < 4.78 is 6.28. The number of benzene rings is 2. The Hall–Kier alpha value is -2.48. The van der Waals surface area contributed by atoms with Gasteiger partial charge >= 0.3 is 0 Å². The summed E-state index contributed by atoms with van der Waals surface area (Å²) in [5, 5.41) is 11.0. The lowest BCUT2D eigenvalue weighted by Gasteiger charge is -2.27. The molecule has 2 N–H and O–H groups in total. The van der Waals surface area contributed by atoms with Gasteiger partial charge in [-0.2, -0.15) is 0 Å². The SMILES string of the molecule is O=C1C(=O)N(CCC[NH+]2CCOCC2)[C@@H](c2ccccc2)C1=C(O)c1ccc(Br)cc1. The van der Waals surface area contributed by atoms with Gasteiger partial charge in [-0.1, -0.05) is 58.4 Å². The van der Waals surface area contributed by atoms with Gasteiger partial charge in [-0.15, -0.1) is 0 Å². The quantitative estimate of drug-likeness (QED) is 0.373. The highest BCUT2D eigenvalue weighted by Gasteiger charge is 2.45. The Morgan fingerprint density at radius 2 is 1.74 bits per heavy atom.